The van der Waals surface area contributed by atoms with Crippen molar-refractivity contribution in [3.63, 3.8) is 0 Å². The van der Waals surface area contributed by atoms with E-state index in [1.54, 1.807) is 0 Å². The van der Waals surface area contributed by atoms with Gasteiger partial charge in [0.15, 0.2) is 0 Å². The zero-order chi connectivity index (χ0) is 12.6. The number of hydrogen-bond donors (Lipinski definition) is 0. The predicted octanol–water partition coefficient (Wildman–Crippen LogP) is 2.13. The molecular formula is C8H6F4O3S. The van der Waals surface area contributed by atoms with Crippen LogP contribution < -0.4 is 4.74 Å². The number of rotatable bonds is 2. The third kappa shape index (κ3) is 2.11. The molecule has 0 atom stereocenters. The number of methoxy groups -OCH3 is 1. The van der Waals surface area contributed by atoms with Crippen LogP contribution in [0.5, 0.6) is 5.75 Å². The Kier molecular flexibility index (Phi) is 3.13. The summed E-state index contributed by atoms with van der Waals surface area (Å²) in [6.07, 6.45) is 0. The first kappa shape index (κ1) is 12.8. The van der Waals surface area contributed by atoms with Crippen molar-refractivity contribution >= 4 is 9.84 Å². The van der Waals surface area contributed by atoms with Gasteiger partial charge in [0, 0.05) is 6.07 Å². The van der Waals surface area contributed by atoms with Crippen LogP contribution in [-0.4, -0.2) is 21.0 Å². The lowest BCUT2D eigenvalue weighted by molar-refractivity contribution is -0.0437. The van der Waals surface area contributed by atoms with Crippen LogP contribution in [-0.2, 0) is 9.84 Å². The molecule has 0 amide bonds. The molecule has 0 aliphatic heterocycles. The molecule has 0 aromatic heterocycles. The minimum Gasteiger partial charge on any atom is -0.497 e. The minimum absolute atomic E-state index is 0.0707. The number of alkyl halides is 3. The van der Waals surface area contributed by atoms with E-state index in [0.717, 1.165) is 6.07 Å². The van der Waals surface area contributed by atoms with Gasteiger partial charge in [-0.1, -0.05) is 0 Å². The Morgan fingerprint density at radius 3 is 2.19 bits per heavy atom. The Labute approximate surface area is 88.6 Å². The Balaban J connectivity index is 3.36. The smallest absolute Gasteiger partial charge is 0.497 e. The van der Waals surface area contributed by atoms with Crippen LogP contribution in [0.3, 0.4) is 0 Å². The largest absolute Gasteiger partial charge is 0.502 e. The van der Waals surface area contributed by atoms with Crippen molar-refractivity contribution in [2.45, 2.75) is 10.4 Å². The van der Waals surface area contributed by atoms with Crippen LogP contribution >= 0.6 is 0 Å². The molecule has 0 fully saturated rings. The summed E-state index contributed by atoms with van der Waals surface area (Å²) >= 11 is 0. The second kappa shape index (κ2) is 3.93. The third-order valence-corrected chi connectivity index (χ3v) is 3.25. The monoisotopic (exact) mass is 258 g/mol. The molecule has 0 saturated heterocycles. The van der Waals surface area contributed by atoms with Crippen molar-refractivity contribution in [2.75, 3.05) is 7.11 Å². The van der Waals surface area contributed by atoms with Gasteiger partial charge >= 0.3 is 5.51 Å². The molecule has 0 aliphatic carbocycles. The molecule has 16 heavy (non-hydrogen) atoms. The molecule has 0 radical (unpaired) electrons. The van der Waals surface area contributed by atoms with Gasteiger partial charge in [0.2, 0.25) is 0 Å². The number of benzene rings is 1. The number of halogens is 4. The minimum atomic E-state index is -5.66. The van der Waals surface area contributed by atoms with Gasteiger partial charge < -0.3 is 4.74 Å². The van der Waals surface area contributed by atoms with Crippen molar-refractivity contribution in [1.29, 1.82) is 0 Å². The molecule has 1 aromatic carbocycles. The lowest BCUT2D eigenvalue weighted by Crippen LogP contribution is -2.24. The van der Waals surface area contributed by atoms with Crippen LogP contribution in [0.25, 0.3) is 0 Å². The first-order chi connectivity index (χ1) is 7.20. The van der Waals surface area contributed by atoms with Gasteiger partial charge in [-0.2, -0.15) is 13.2 Å². The second-order valence-electron chi connectivity index (χ2n) is 2.75. The van der Waals surface area contributed by atoms with E-state index in [4.69, 9.17) is 0 Å². The highest BCUT2D eigenvalue weighted by molar-refractivity contribution is 7.92. The van der Waals surface area contributed by atoms with Gasteiger partial charge in [-0.25, -0.2) is 12.8 Å². The lowest BCUT2D eigenvalue weighted by Gasteiger charge is -2.09. The molecule has 0 unspecified atom stereocenters. The molecular weight excluding hydrogens is 252 g/mol. The molecule has 0 saturated carbocycles. The van der Waals surface area contributed by atoms with Crippen LogP contribution in [0.4, 0.5) is 17.6 Å². The topological polar surface area (TPSA) is 43.4 Å². The fourth-order valence-electron chi connectivity index (χ4n) is 0.951. The van der Waals surface area contributed by atoms with Crippen molar-refractivity contribution < 1.29 is 30.7 Å². The van der Waals surface area contributed by atoms with E-state index in [1.807, 2.05) is 0 Å². The molecule has 0 N–H and O–H groups in total. The summed E-state index contributed by atoms with van der Waals surface area (Å²) in [5.74, 6) is -1.57. The van der Waals surface area contributed by atoms with Crippen LogP contribution in [0.2, 0.25) is 0 Å². The molecule has 0 spiro atoms. The Hall–Kier alpha value is -1.31. The van der Waals surface area contributed by atoms with Gasteiger partial charge in [-0.3, -0.25) is 0 Å². The Morgan fingerprint density at radius 1 is 1.25 bits per heavy atom. The molecule has 1 aromatic rings. The van der Waals surface area contributed by atoms with E-state index >= 15 is 0 Å². The first-order valence-electron chi connectivity index (χ1n) is 3.85. The summed E-state index contributed by atoms with van der Waals surface area (Å²) in [7, 11) is -4.49. The maximum Gasteiger partial charge on any atom is 0.502 e. The number of sulfone groups is 1. The summed E-state index contributed by atoms with van der Waals surface area (Å²) in [6.45, 7) is 0. The van der Waals surface area contributed by atoms with Gasteiger partial charge in [-0.15, -0.1) is 0 Å². The molecule has 0 heterocycles. The average molecular weight is 258 g/mol. The molecule has 1 rings (SSSR count). The lowest BCUT2D eigenvalue weighted by atomic mass is 10.3. The zero-order valence-corrected chi connectivity index (χ0v) is 8.69. The summed E-state index contributed by atoms with van der Waals surface area (Å²) in [6, 6.07) is 2.01. The van der Waals surface area contributed by atoms with Crippen molar-refractivity contribution in [2.24, 2.45) is 0 Å². The highest BCUT2D eigenvalue weighted by Crippen LogP contribution is 2.32. The number of ether oxygens (including phenoxy) is 1. The van der Waals surface area contributed by atoms with Crippen molar-refractivity contribution in [3.05, 3.63) is 24.0 Å². The van der Waals surface area contributed by atoms with E-state index in [1.165, 1.54) is 7.11 Å². The molecule has 90 valence electrons. The standard InChI is InChI=1S/C8H6F4O3S/c1-15-5-2-3-7(6(9)4-5)16(13,14)8(10,11)12/h2-4H,1H3. The first-order valence-corrected chi connectivity index (χ1v) is 5.33. The fourth-order valence-corrected chi connectivity index (χ4v) is 1.76. The van der Waals surface area contributed by atoms with Crippen LogP contribution in [0.1, 0.15) is 0 Å². The normalized spacial score (nSPS) is 12.6. The molecule has 0 bridgehead atoms. The van der Waals surface area contributed by atoms with Gasteiger partial charge in [0.25, 0.3) is 9.84 Å². The van der Waals surface area contributed by atoms with Crippen LogP contribution in [0.15, 0.2) is 23.1 Å². The van der Waals surface area contributed by atoms with E-state index in [0.29, 0.717) is 12.1 Å². The maximum absolute atomic E-state index is 13.1. The zero-order valence-electron chi connectivity index (χ0n) is 7.88. The highest BCUT2D eigenvalue weighted by atomic mass is 32.2. The Morgan fingerprint density at radius 2 is 1.81 bits per heavy atom. The summed E-state index contributed by atoms with van der Waals surface area (Å²) < 4.78 is 75.7. The van der Waals surface area contributed by atoms with Gasteiger partial charge in [0.05, 0.1) is 7.11 Å². The third-order valence-electron chi connectivity index (χ3n) is 1.73. The van der Waals surface area contributed by atoms with Crippen molar-refractivity contribution in [3.8, 4) is 5.75 Å². The highest BCUT2D eigenvalue weighted by Gasteiger charge is 2.48. The quantitative estimate of drug-likeness (QED) is 0.763. The maximum atomic E-state index is 13.1. The predicted molar refractivity (Wildman–Crippen MR) is 46.2 cm³/mol. The van der Waals surface area contributed by atoms with E-state index in [-0.39, 0.29) is 5.75 Å². The van der Waals surface area contributed by atoms with Gasteiger partial charge in [-0.05, 0) is 12.1 Å². The summed E-state index contributed by atoms with van der Waals surface area (Å²) in [5.41, 5.74) is -5.53. The second-order valence-corrected chi connectivity index (χ2v) is 4.66. The molecule has 0 aliphatic rings. The van der Waals surface area contributed by atoms with Crippen LogP contribution in [0, 0.1) is 5.82 Å². The Bertz CT molecular complexity index is 492. The van der Waals surface area contributed by atoms with E-state index < -0.39 is 26.1 Å². The SMILES string of the molecule is COc1ccc(S(=O)(=O)C(F)(F)F)c(F)c1. The van der Waals surface area contributed by atoms with Crippen molar-refractivity contribution in [1.82, 2.24) is 0 Å². The number of hydrogen-bond acceptors (Lipinski definition) is 3. The summed E-state index contributed by atoms with van der Waals surface area (Å²) in [4.78, 5) is -1.42. The molecule has 3 nitrogen and oxygen atoms in total. The van der Waals surface area contributed by atoms with E-state index in [2.05, 4.69) is 4.74 Å². The molecule has 8 heteroatoms. The average Bonchev–Trinajstić information content (AvgIpc) is 2.15. The van der Waals surface area contributed by atoms with E-state index in [9.17, 15) is 26.0 Å². The fraction of sp³-hybridized carbons (Fsp3) is 0.250. The van der Waals surface area contributed by atoms with Gasteiger partial charge in [0.1, 0.15) is 16.5 Å². The summed E-state index contributed by atoms with van der Waals surface area (Å²) in [5, 5.41) is 0.